The van der Waals surface area contributed by atoms with Crippen molar-refractivity contribution in [2.45, 2.75) is 0 Å². The Morgan fingerprint density at radius 3 is 3.11 bits per heavy atom. The Kier molecular flexibility index (Phi) is 1.85. The van der Waals surface area contributed by atoms with E-state index in [0.717, 1.165) is 5.57 Å². The van der Waals surface area contributed by atoms with Gasteiger partial charge in [-0.3, -0.25) is 4.79 Å². The number of carbonyl (C=O) groups is 1. The van der Waals surface area contributed by atoms with Gasteiger partial charge in [-0.1, -0.05) is 0 Å². The maximum atomic E-state index is 10.5. The Hall–Kier alpha value is -0.830. The highest BCUT2D eigenvalue weighted by molar-refractivity contribution is 5.91. The fraction of sp³-hybridized carbons (Fsp3) is 0.500. The van der Waals surface area contributed by atoms with E-state index in [9.17, 15) is 4.79 Å². The van der Waals surface area contributed by atoms with Crippen molar-refractivity contribution in [1.29, 1.82) is 0 Å². The first kappa shape index (κ1) is 6.29. The molecule has 1 aliphatic heterocycles. The largest absolute Gasteiger partial charge is 0.380 e. The monoisotopic (exact) mass is 127 g/mol. The van der Waals surface area contributed by atoms with Crippen molar-refractivity contribution in [3.63, 3.8) is 0 Å². The molecule has 0 bridgehead atoms. The van der Waals surface area contributed by atoms with Crippen LogP contribution in [0.2, 0.25) is 0 Å². The van der Waals surface area contributed by atoms with Crippen LogP contribution in [0.25, 0.3) is 0 Å². The van der Waals surface area contributed by atoms with E-state index in [1.165, 1.54) is 0 Å². The molecule has 0 fully saturated rings. The quantitative estimate of drug-likeness (QED) is 0.552. The lowest BCUT2D eigenvalue weighted by Gasteiger charge is -1.95. The molecule has 1 N–H and O–H groups in total. The van der Waals surface area contributed by atoms with Gasteiger partial charge in [0.2, 0.25) is 5.91 Å². The van der Waals surface area contributed by atoms with Gasteiger partial charge >= 0.3 is 0 Å². The number of amides is 1. The van der Waals surface area contributed by atoms with Crippen molar-refractivity contribution in [2.75, 3.05) is 20.3 Å². The third kappa shape index (κ3) is 1.54. The molecule has 3 nitrogen and oxygen atoms in total. The van der Waals surface area contributed by atoms with Crippen molar-refractivity contribution in [2.24, 2.45) is 0 Å². The number of hydrogen-bond donors (Lipinski definition) is 1. The maximum Gasteiger partial charge on any atom is 0.244 e. The van der Waals surface area contributed by atoms with E-state index in [2.05, 4.69) is 5.32 Å². The summed E-state index contributed by atoms with van der Waals surface area (Å²) in [7, 11) is 1.61. The smallest absolute Gasteiger partial charge is 0.244 e. The molecule has 1 rings (SSSR count). The molecular weight excluding hydrogens is 118 g/mol. The Bertz CT molecular complexity index is 151. The summed E-state index contributed by atoms with van der Waals surface area (Å²) in [5.41, 5.74) is 1.02. The number of ether oxygens (including phenoxy) is 1. The molecular formula is C6H9NO2. The van der Waals surface area contributed by atoms with E-state index >= 15 is 0 Å². The van der Waals surface area contributed by atoms with Crippen molar-refractivity contribution in [1.82, 2.24) is 5.32 Å². The lowest BCUT2D eigenvalue weighted by Crippen LogP contribution is -2.15. The summed E-state index contributed by atoms with van der Waals surface area (Å²) in [6.45, 7) is 1.20. The van der Waals surface area contributed by atoms with E-state index in [1.807, 2.05) is 0 Å². The molecule has 9 heavy (non-hydrogen) atoms. The molecule has 0 saturated heterocycles. The molecule has 0 aliphatic carbocycles. The van der Waals surface area contributed by atoms with Gasteiger partial charge < -0.3 is 10.1 Å². The molecule has 1 amide bonds. The summed E-state index contributed by atoms with van der Waals surface area (Å²) >= 11 is 0. The van der Waals surface area contributed by atoms with Crippen molar-refractivity contribution in [3.05, 3.63) is 11.6 Å². The van der Waals surface area contributed by atoms with Gasteiger partial charge in [0.05, 0.1) is 6.61 Å². The van der Waals surface area contributed by atoms with E-state index in [0.29, 0.717) is 13.2 Å². The van der Waals surface area contributed by atoms with E-state index in [4.69, 9.17) is 4.74 Å². The van der Waals surface area contributed by atoms with E-state index < -0.39 is 0 Å². The van der Waals surface area contributed by atoms with Crippen molar-refractivity contribution in [3.8, 4) is 0 Å². The zero-order valence-corrected chi connectivity index (χ0v) is 5.31. The van der Waals surface area contributed by atoms with Crippen molar-refractivity contribution < 1.29 is 9.53 Å². The van der Waals surface area contributed by atoms with E-state index in [1.54, 1.807) is 13.2 Å². The highest BCUT2D eigenvalue weighted by Gasteiger charge is 2.08. The highest BCUT2D eigenvalue weighted by Crippen LogP contribution is 1.98. The van der Waals surface area contributed by atoms with E-state index in [-0.39, 0.29) is 5.91 Å². The molecule has 50 valence electrons. The zero-order valence-electron chi connectivity index (χ0n) is 5.31. The number of rotatable bonds is 2. The summed E-state index contributed by atoms with van der Waals surface area (Å²) in [5, 5.41) is 2.64. The first-order valence-corrected chi connectivity index (χ1v) is 2.79. The first-order chi connectivity index (χ1) is 4.33. The number of hydrogen-bond acceptors (Lipinski definition) is 2. The second-order valence-corrected chi connectivity index (χ2v) is 1.95. The van der Waals surface area contributed by atoms with Gasteiger partial charge in [-0.2, -0.15) is 0 Å². The Morgan fingerprint density at radius 1 is 1.89 bits per heavy atom. The number of methoxy groups -OCH3 is 1. The summed E-state index contributed by atoms with van der Waals surface area (Å²) < 4.78 is 4.81. The molecule has 0 radical (unpaired) electrons. The highest BCUT2D eigenvalue weighted by atomic mass is 16.5. The lowest BCUT2D eigenvalue weighted by molar-refractivity contribution is -0.115. The molecule has 0 aromatic carbocycles. The van der Waals surface area contributed by atoms with Gasteiger partial charge in [-0.05, 0) is 5.57 Å². The van der Waals surface area contributed by atoms with Crippen LogP contribution in [0, 0.1) is 0 Å². The molecule has 0 atom stereocenters. The van der Waals surface area contributed by atoms with Crippen LogP contribution in [0.15, 0.2) is 11.6 Å². The predicted octanol–water partition coefficient (Wildman–Crippen LogP) is -0.311. The SMILES string of the molecule is COCC1=CC(=O)NC1. The van der Waals surface area contributed by atoms with Crippen LogP contribution >= 0.6 is 0 Å². The Balaban J connectivity index is 2.42. The molecule has 0 spiro atoms. The minimum Gasteiger partial charge on any atom is -0.380 e. The summed E-state index contributed by atoms with van der Waals surface area (Å²) in [4.78, 5) is 10.5. The van der Waals surface area contributed by atoms with Gasteiger partial charge in [-0.15, -0.1) is 0 Å². The first-order valence-electron chi connectivity index (χ1n) is 2.79. The summed E-state index contributed by atoms with van der Waals surface area (Å²) in [6.07, 6.45) is 1.57. The topological polar surface area (TPSA) is 38.3 Å². The molecule has 0 unspecified atom stereocenters. The van der Waals surface area contributed by atoms with Gasteiger partial charge in [0.1, 0.15) is 0 Å². The van der Waals surface area contributed by atoms with Gasteiger partial charge in [0.25, 0.3) is 0 Å². The second kappa shape index (κ2) is 2.64. The molecule has 0 aromatic rings. The fourth-order valence-corrected chi connectivity index (χ4v) is 0.766. The number of carbonyl (C=O) groups excluding carboxylic acids is 1. The molecule has 1 heterocycles. The predicted molar refractivity (Wildman–Crippen MR) is 33.0 cm³/mol. The second-order valence-electron chi connectivity index (χ2n) is 1.95. The lowest BCUT2D eigenvalue weighted by atomic mass is 10.3. The van der Waals surface area contributed by atoms with Crippen molar-refractivity contribution >= 4 is 5.91 Å². The minimum atomic E-state index is -0.0120. The van der Waals surface area contributed by atoms with Gasteiger partial charge in [-0.25, -0.2) is 0 Å². The fourth-order valence-electron chi connectivity index (χ4n) is 0.766. The van der Waals surface area contributed by atoms with Gasteiger partial charge in [0, 0.05) is 19.7 Å². The minimum absolute atomic E-state index is 0.0120. The van der Waals surface area contributed by atoms with Crippen LogP contribution in [-0.2, 0) is 9.53 Å². The summed E-state index contributed by atoms with van der Waals surface area (Å²) in [5.74, 6) is -0.0120. The van der Waals surface area contributed by atoms with Crippen LogP contribution < -0.4 is 5.32 Å². The van der Waals surface area contributed by atoms with Crippen LogP contribution in [0.4, 0.5) is 0 Å². The molecule has 3 heteroatoms. The molecule has 0 saturated carbocycles. The standard InChI is InChI=1S/C6H9NO2/c1-9-4-5-2-6(8)7-3-5/h2H,3-4H2,1H3,(H,7,8). The molecule has 1 aliphatic rings. The average Bonchev–Trinajstić information content (AvgIpc) is 2.17. The maximum absolute atomic E-state index is 10.5. The summed E-state index contributed by atoms with van der Waals surface area (Å²) in [6, 6.07) is 0. The Labute approximate surface area is 53.7 Å². The zero-order chi connectivity index (χ0) is 6.69. The third-order valence-corrected chi connectivity index (χ3v) is 1.15. The van der Waals surface area contributed by atoms with Crippen LogP contribution in [0.1, 0.15) is 0 Å². The van der Waals surface area contributed by atoms with Gasteiger partial charge in [0.15, 0.2) is 0 Å². The van der Waals surface area contributed by atoms with Crippen LogP contribution in [0.5, 0.6) is 0 Å². The Morgan fingerprint density at radius 2 is 2.67 bits per heavy atom. The average molecular weight is 127 g/mol. The normalized spacial score (nSPS) is 17.4. The molecule has 0 aromatic heterocycles. The number of nitrogens with one attached hydrogen (secondary N) is 1. The van der Waals surface area contributed by atoms with Crippen LogP contribution in [0.3, 0.4) is 0 Å². The third-order valence-electron chi connectivity index (χ3n) is 1.15. The van der Waals surface area contributed by atoms with Crippen LogP contribution in [-0.4, -0.2) is 26.2 Å².